The van der Waals surface area contributed by atoms with Crippen molar-refractivity contribution in [3.05, 3.63) is 75.1 Å². The van der Waals surface area contributed by atoms with Crippen LogP contribution in [0.25, 0.3) is 21.3 Å². The Labute approximate surface area is 185 Å². The highest BCUT2D eigenvalue weighted by atomic mass is 79.9. The van der Waals surface area contributed by atoms with Gasteiger partial charge in [-0.05, 0) is 42.0 Å². The summed E-state index contributed by atoms with van der Waals surface area (Å²) in [4.78, 5) is 18.2. The molecule has 0 radical (unpaired) electrons. The van der Waals surface area contributed by atoms with Crippen molar-refractivity contribution < 1.29 is 14.6 Å². The maximum Gasteiger partial charge on any atom is 0.262 e. The van der Waals surface area contributed by atoms with Gasteiger partial charge in [-0.3, -0.25) is 9.36 Å². The van der Waals surface area contributed by atoms with Crippen LogP contribution in [0.4, 0.5) is 0 Å². The zero-order valence-electron chi connectivity index (χ0n) is 16.1. The largest absolute Gasteiger partial charge is 0.497 e. The monoisotopic (exact) mass is 486 g/mol. The molecule has 0 saturated carbocycles. The predicted molar refractivity (Wildman–Crippen MR) is 122 cm³/mol. The Bertz CT molecular complexity index is 1200. The molecular weight excluding hydrogens is 468 g/mol. The van der Waals surface area contributed by atoms with Crippen LogP contribution >= 0.6 is 27.3 Å². The summed E-state index contributed by atoms with van der Waals surface area (Å²) in [5.41, 5.74) is 1.55. The number of methoxy groups -OCH3 is 1. The van der Waals surface area contributed by atoms with Gasteiger partial charge in [0.05, 0.1) is 25.4 Å². The summed E-state index contributed by atoms with van der Waals surface area (Å²) in [5, 5.41) is 12.9. The van der Waals surface area contributed by atoms with Gasteiger partial charge in [0.15, 0.2) is 0 Å². The van der Waals surface area contributed by atoms with Gasteiger partial charge in [0, 0.05) is 15.4 Å². The summed E-state index contributed by atoms with van der Waals surface area (Å²) in [7, 11) is 1.61. The number of aliphatic hydroxyl groups is 1. The molecule has 0 unspecified atom stereocenters. The highest BCUT2D eigenvalue weighted by Crippen LogP contribution is 2.31. The molecule has 4 aromatic rings. The Hall–Kier alpha value is -2.68. The third kappa shape index (κ3) is 4.40. The van der Waals surface area contributed by atoms with Gasteiger partial charge in [0.1, 0.15) is 29.0 Å². The summed E-state index contributed by atoms with van der Waals surface area (Å²) in [5.74, 6) is 1.40. The molecule has 0 saturated heterocycles. The first-order chi connectivity index (χ1) is 14.5. The Morgan fingerprint density at radius 3 is 2.53 bits per heavy atom. The Morgan fingerprint density at radius 2 is 1.83 bits per heavy atom. The third-order valence-electron chi connectivity index (χ3n) is 4.63. The van der Waals surface area contributed by atoms with Crippen molar-refractivity contribution in [2.24, 2.45) is 0 Å². The lowest BCUT2D eigenvalue weighted by molar-refractivity contribution is 0.0915. The van der Waals surface area contributed by atoms with Gasteiger partial charge < -0.3 is 14.6 Å². The highest BCUT2D eigenvalue weighted by Gasteiger charge is 2.15. The molecule has 1 atom stereocenters. The fourth-order valence-corrected chi connectivity index (χ4v) is 4.25. The highest BCUT2D eigenvalue weighted by molar-refractivity contribution is 9.10. The van der Waals surface area contributed by atoms with Crippen molar-refractivity contribution in [1.82, 2.24) is 9.55 Å². The molecule has 0 fully saturated rings. The van der Waals surface area contributed by atoms with Crippen LogP contribution in [0, 0.1) is 0 Å². The van der Waals surface area contributed by atoms with Gasteiger partial charge in [0.25, 0.3) is 5.56 Å². The second kappa shape index (κ2) is 8.99. The van der Waals surface area contributed by atoms with E-state index in [1.807, 2.05) is 53.9 Å². The summed E-state index contributed by atoms with van der Waals surface area (Å²) >= 11 is 4.79. The van der Waals surface area contributed by atoms with E-state index in [1.54, 1.807) is 7.11 Å². The fourth-order valence-electron chi connectivity index (χ4n) is 3.08. The second-order valence-corrected chi connectivity index (χ2v) is 8.45. The molecule has 0 aliphatic heterocycles. The minimum atomic E-state index is -0.853. The topological polar surface area (TPSA) is 73.6 Å². The number of thiophene rings is 1. The lowest BCUT2D eigenvalue weighted by Gasteiger charge is -2.14. The van der Waals surface area contributed by atoms with Crippen LogP contribution < -0.4 is 15.0 Å². The van der Waals surface area contributed by atoms with E-state index in [2.05, 4.69) is 20.9 Å². The van der Waals surface area contributed by atoms with Crippen LogP contribution in [0.5, 0.6) is 11.5 Å². The molecular formula is C22H19BrN2O4S. The smallest absolute Gasteiger partial charge is 0.262 e. The van der Waals surface area contributed by atoms with Crippen molar-refractivity contribution in [1.29, 1.82) is 0 Å². The van der Waals surface area contributed by atoms with E-state index in [0.29, 0.717) is 16.0 Å². The first kappa shape index (κ1) is 20.6. The molecule has 4 rings (SSSR count). The number of rotatable bonds is 7. The van der Waals surface area contributed by atoms with Crippen LogP contribution in [0.1, 0.15) is 0 Å². The Kier molecular flexibility index (Phi) is 6.17. The van der Waals surface area contributed by atoms with E-state index in [9.17, 15) is 9.90 Å². The molecule has 2 aromatic heterocycles. The van der Waals surface area contributed by atoms with E-state index in [-0.39, 0.29) is 18.7 Å². The molecule has 0 bridgehead atoms. The predicted octanol–water partition coefficient (Wildman–Crippen LogP) is 4.34. The average molecular weight is 487 g/mol. The molecule has 2 heterocycles. The van der Waals surface area contributed by atoms with Crippen molar-refractivity contribution >= 4 is 37.5 Å². The van der Waals surface area contributed by atoms with Gasteiger partial charge in [-0.15, -0.1) is 11.3 Å². The Morgan fingerprint density at radius 1 is 1.13 bits per heavy atom. The first-order valence-corrected chi connectivity index (χ1v) is 10.9. The molecule has 2 aromatic carbocycles. The van der Waals surface area contributed by atoms with Crippen LogP contribution in [0.15, 0.2) is 69.5 Å². The minimum absolute atomic E-state index is 0.0705. The average Bonchev–Trinajstić information content (AvgIpc) is 3.20. The normalized spacial score (nSPS) is 12.1. The van der Waals surface area contributed by atoms with Gasteiger partial charge >= 0.3 is 0 Å². The third-order valence-corrected chi connectivity index (χ3v) is 6.04. The van der Waals surface area contributed by atoms with E-state index >= 15 is 0 Å². The number of ether oxygens (including phenoxy) is 2. The molecule has 0 aliphatic rings. The Balaban J connectivity index is 1.55. The minimum Gasteiger partial charge on any atom is -0.497 e. The quantitative estimate of drug-likeness (QED) is 0.420. The molecule has 154 valence electrons. The summed E-state index contributed by atoms with van der Waals surface area (Å²) in [6, 6.07) is 14.9. The molecule has 6 nitrogen and oxygen atoms in total. The van der Waals surface area contributed by atoms with Crippen LogP contribution in [0.3, 0.4) is 0 Å². The van der Waals surface area contributed by atoms with E-state index in [4.69, 9.17) is 9.47 Å². The molecule has 0 aliphatic carbocycles. The number of hydrogen-bond donors (Lipinski definition) is 1. The van der Waals surface area contributed by atoms with Crippen molar-refractivity contribution in [2.75, 3.05) is 13.7 Å². The van der Waals surface area contributed by atoms with Gasteiger partial charge in [-0.1, -0.05) is 28.1 Å². The number of fused-ring (bicyclic) bond motifs is 1. The fraction of sp³-hybridized carbons (Fsp3) is 0.182. The summed E-state index contributed by atoms with van der Waals surface area (Å²) in [6.07, 6.45) is 0.621. The number of aliphatic hydroxyl groups excluding tert-OH is 1. The summed E-state index contributed by atoms with van der Waals surface area (Å²) < 4.78 is 13.2. The molecule has 0 amide bonds. The zero-order valence-corrected chi connectivity index (χ0v) is 18.5. The van der Waals surface area contributed by atoms with E-state index in [1.165, 1.54) is 22.2 Å². The van der Waals surface area contributed by atoms with Crippen LogP contribution in [-0.4, -0.2) is 34.5 Å². The summed E-state index contributed by atoms with van der Waals surface area (Å²) in [6.45, 7) is 0.164. The van der Waals surface area contributed by atoms with Crippen molar-refractivity contribution in [3.8, 4) is 22.6 Å². The number of halogens is 1. The van der Waals surface area contributed by atoms with Gasteiger partial charge in [-0.25, -0.2) is 4.98 Å². The van der Waals surface area contributed by atoms with Crippen LogP contribution in [0.2, 0.25) is 0 Å². The molecule has 0 spiro atoms. The number of nitrogens with zero attached hydrogens (tertiary/aromatic N) is 2. The molecule has 8 heteroatoms. The van der Waals surface area contributed by atoms with Crippen molar-refractivity contribution in [2.45, 2.75) is 12.6 Å². The van der Waals surface area contributed by atoms with Crippen molar-refractivity contribution in [3.63, 3.8) is 0 Å². The molecule has 30 heavy (non-hydrogen) atoms. The number of benzene rings is 2. The SMILES string of the molecule is COc1ccc(-c2csc3ncn(C[C@H](O)COc4ccc(Br)cc4)c(=O)c23)cc1. The number of aromatic nitrogens is 2. The first-order valence-electron chi connectivity index (χ1n) is 9.22. The van der Waals surface area contributed by atoms with Crippen LogP contribution in [-0.2, 0) is 6.54 Å². The van der Waals surface area contributed by atoms with Gasteiger partial charge in [0.2, 0.25) is 0 Å². The zero-order chi connectivity index (χ0) is 21.1. The number of hydrogen-bond acceptors (Lipinski definition) is 6. The van der Waals surface area contributed by atoms with E-state index in [0.717, 1.165) is 21.3 Å². The maximum absolute atomic E-state index is 13.1. The second-order valence-electron chi connectivity index (χ2n) is 6.68. The van der Waals surface area contributed by atoms with E-state index < -0.39 is 6.10 Å². The standard InChI is InChI=1S/C22H19BrN2O4S/c1-28-17-6-2-14(3-7-17)19-12-30-21-20(19)22(27)25(13-24-21)10-16(26)11-29-18-8-4-15(23)5-9-18/h2-9,12-13,16,26H,10-11H2,1H3/t16-/m0/s1. The maximum atomic E-state index is 13.1. The van der Waals surface area contributed by atoms with Gasteiger partial charge in [-0.2, -0.15) is 0 Å². The molecule has 1 N–H and O–H groups in total. The lowest BCUT2D eigenvalue weighted by Crippen LogP contribution is -2.30. The lowest BCUT2D eigenvalue weighted by atomic mass is 10.1.